The zero-order valence-corrected chi connectivity index (χ0v) is 10.5. The lowest BCUT2D eigenvalue weighted by molar-refractivity contribution is 0.192. The van der Waals surface area contributed by atoms with Crippen molar-refractivity contribution in [3.8, 4) is 6.07 Å². The van der Waals surface area contributed by atoms with E-state index in [2.05, 4.69) is 10.3 Å². The van der Waals surface area contributed by atoms with E-state index in [1.165, 1.54) is 12.8 Å². The highest BCUT2D eigenvalue weighted by atomic mass is 16.3. The number of aliphatic hydroxyl groups is 1. The quantitative estimate of drug-likeness (QED) is 0.824. The monoisotopic (exact) mass is 245 g/mol. The molecule has 2 N–H and O–H groups in total. The summed E-state index contributed by atoms with van der Waals surface area (Å²) in [4.78, 5) is 3.95. The van der Waals surface area contributed by atoms with Crippen LogP contribution in [-0.2, 0) is 6.54 Å². The molecule has 1 aliphatic rings. The summed E-state index contributed by atoms with van der Waals surface area (Å²) in [6.45, 7) is 2.00. The van der Waals surface area contributed by atoms with Crippen molar-refractivity contribution in [3.63, 3.8) is 0 Å². The van der Waals surface area contributed by atoms with Gasteiger partial charge in [0.25, 0.3) is 0 Å². The molecule has 0 amide bonds. The maximum atomic E-state index is 9.25. The van der Waals surface area contributed by atoms with Crippen LogP contribution in [0.3, 0.4) is 0 Å². The molecule has 1 aromatic heterocycles. The van der Waals surface area contributed by atoms with Gasteiger partial charge in [-0.05, 0) is 48.9 Å². The largest absolute Gasteiger partial charge is 0.396 e. The Bertz CT molecular complexity index is 427. The van der Waals surface area contributed by atoms with Gasteiger partial charge in [-0.1, -0.05) is 6.42 Å². The minimum atomic E-state index is 0.306. The summed E-state index contributed by atoms with van der Waals surface area (Å²) in [6.07, 6.45) is 5.25. The number of nitriles is 1. The zero-order valence-electron chi connectivity index (χ0n) is 10.5. The lowest BCUT2D eigenvalue weighted by Crippen LogP contribution is -2.26. The van der Waals surface area contributed by atoms with E-state index in [0.29, 0.717) is 24.1 Å². The van der Waals surface area contributed by atoms with E-state index in [9.17, 15) is 5.11 Å². The van der Waals surface area contributed by atoms with Crippen LogP contribution in [0.25, 0.3) is 0 Å². The van der Waals surface area contributed by atoms with E-state index >= 15 is 0 Å². The fourth-order valence-electron chi connectivity index (χ4n) is 2.67. The van der Waals surface area contributed by atoms with Crippen molar-refractivity contribution in [2.24, 2.45) is 11.8 Å². The van der Waals surface area contributed by atoms with Crippen molar-refractivity contribution >= 4 is 0 Å². The first kappa shape index (κ1) is 13.0. The average Bonchev–Trinajstić information content (AvgIpc) is 2.86. The highest BCUT2D eigenvalue weighted by molar-refractivity contribution is 5.25. The van der Waals surface area contributed by atoms with Crippen LogP contribution in [0.15, 0.2) is 18.3 Å². The van der Waals surface area contributed by atoms with Crippen molar-refractivity contribution in [1.82, 2.24) is 10.3 Å². The number of aliphatic hydroxyl groups excluding tert-OH is 1. The van der Waals surface area contributed by atoms with Crippen LogP contribution in [0, 0.1) is 23.2 Å². The number of nitrogens with zero attached hydrogens (tertiary/aromatic N) is 2. The molecular weight excluding hydrogens is 226 g/mol. The Morgan fingerprint density at radius 1 is 1.44 bits per heavy atom. The van der Waals surface area contributed by atoms with Gasteiger partial charge < -0.3 is 10.4 Å². The molecule has 2 rings (SSSR count). The fourth-order valence-corrected chi connectivity index (χ4v) is 2.67. The Morgan fingerprint density at radius 3 is 3.06 bits per heavy atom. The van der Waals surface area contributed by atoms with Crippen molar-refractivity contribution in [3.05, 3.63) is 29.6 Å². The summed E-state index contributed by atoms with van der Waals surface area (Å²) >= 11 is 0. The minimum Gasteiger partial charge on any atom is -0.396 e. The predicted octanol–water partition coefficient (Wildman–Crippen LogP) is 1.45. The standard InChI is InChI=1S/C14H19N3O/c15-7-14-6-11(4-5-17-14)8-16-9-12-2-1-3-13(12)10-18/h4-6,12-13,16,18H,1-3,8-10H2. The third-order valence-corrected chi connectivity index (χ3v) is 3.73. The first-order valence-corrected chi connectivity index (χ1v) is 6.50. The summed E-state index contributed by atoms with van der Waals surface area (Å²) < 4.78 is 0. The van der Waals surface area contributed by atoms with E-state index < -0.39 is 0 Å². The molecule has 4 heteroatoms. The Hall–Kier alpha value is -1.44. The molecule has 0 aromatic carbocycles. The second kappa shape index (κ2) is 6.48. The molecule has 0 radical (unpaired) electrons. The third kappa shape index (κ3) is 3.28. The van der Waals surface area contributed by atoms with E-state index in [-0.39, 0.29) is 0 Å². The number of nitrogens with one attached hydrogen (secondary N) is 1. The van der Waals surface area contributed by atoms with Gasteiger partial charge in [0, 0.05) is 19.3 Å². The SMILES string of the molecule is N#Cc1cc(CNCC2CCCC2CO)ccn1. The summed E-state index contributed by atoms with van der Waals surface area (Å²) in [5, 5.41) is 21.4. The molecule has 0 aliphatic heterocycles. The molecular formula is C14H19N3O. The third-order valence-electron chi connectivity index (χ3n) is 3.73. The van der Waals surface area contributed by atoms with Crippen LogP contribution in [0.4, 0.5) is 0 Å². The van der Waals surface area contributed by atoms with E-state index in [1.807, 2.05) is 18.2 Å². The number of hydrogen-bond acceptors (Lipinski definition) is 4. The van der Waals surface area contributed by atoms with Gasteiger partial charge in [-0.3, -0.25) is 0 Å². The van der Waals surface area contributed by atoms with Gasteiger partial charge in [0.2, 0.25) is 0 Å². The molecule has 0 spiro atoms. The molecule has 18 heavy (non-hydrogen) atoms. The smallest absolute Gasteiger partial charge is 0.140 e. The van der Waals surface area contributed by atoms with Crippen LogP contribution in [0.5, 0.6) is 0 Å². The lowest BCUT2D eigenvalue weighted by atomic mass is 9.97. The van der Waals surface area contributed by atoms with Crippen molar-refractivity contribution in [1.29, 1.82) is 5.26 Å². The van der Waals surface area contributed by atoms with Crippen molar-refractivity contribution in [2.75, 3.05) is 13.2 Å². The molecule has 1 aromatic rings. The van der Waals surface area contributed by atoms with Crippen molar-refractivity contribution in [2.45, 2.75) is 25.8 Å². The van der Waals surface area contributed by atoms with E-state index in [4.69, 9.17) is 5.26 Å². The van der Waals surface area contributed by atoms with Gasteiger partial charge in [-0.15, -0.1) is 0 Å². The maximum absolute atomic E-state index is 9.25. The Morgan fingerprint density at radius 2 is 2.28 bits per heavy atom. The van der Waals surface area contributed by atoms with Gasteiger partial charge in [-0.2, -0.15) is 5.26 Å². The Kier molecular flexibility index (Phi) is 4.68. The molecule has 1 saturated carbocycles. The summed E-state index contributed by atoms with van der Waals surface area (Å²) in [5.41, 5.74) is 1.54. The highest BCUT2D eigenvalue weighted by Gasteiger charge is 2.25. The summed E-state index contributed by atoms with van der Waals surface area (Å²) in [6, 6.07) is 5.78. The van der Waals surface area contributed by atoms with Crippen LogP contribution in [-0.4, -0.2) is 23.2 Å². The molecule has 96 valence electrons. The van der Waals surface area contributed by atoms with E-state index in [0.717, 1.165) is 25.1 Å². The van der Waals surface area contributed by atoms with Crippen LogP contribution >= 0.6 is 0 Å². The molecule has 1 aliphatic carbocycles. The number of aromatic nitrogens is 1. The number of rotatable bonds is 5. The summed E-state index contributed by atoms with van der Waals surface area (Å²) in [7, 11) is 0. The maximum Gasteiger partial charge on any atom is 0.140 e. The first-order chi connectivity index (χ1) is 8.83. The van der Waals surface area contributed by atoms with Crippen molar-refractivity contribution < 1.29 is 5.11 Å². The molecule has 1 fully saturated rings. The second-order valence-electron chi connectivity index (χ2n) is 4.93. The van der Waals surface area contributed by atoms with Gasteiger partial charge >= 0.3 is 0 Å². The lowest BCUT2D eigenvalue weighted by Gasteiger charge is -2.17. The molecule has 0 bridgehead atoms. The molecule has 4 nitrogen and oxygen atoms in total. The number of hydrogen-bond donors (Lipinski definition) is 2. The normalized spacial score (nSPS) is 22.9. The van der Waals surface area contributed by atoms with Gasteiger partial charge in [0.1, 0.15) is 11.8 Å². The average molecular weight is 245 g/mol. The highest BCUT2D eigenvalue weighted by Crippen LogP contribution is 2.30. The van der Waals surface area contributed by atoms with Crippen LogP contribution in [0.1, 0.15) is 30.5 Å². The fraction of sp³-hybridized carbons (Fsp3) is 0.571. The second-order valence-corrected chi connectivity index (χ2v) is 4.93. The minimum absolute atomic E-state index is 0.306. The van der Waals surface area contributed by atoms with Gasteiger partial charge in [0.05, 0.1) is 0 Å². The zero-order chi connectivity index (χ0) is 12.8. The molecule has 0 saturated heterocycles. The number of pyridine rings is 1. The molecule has 1 heterocycles. The summed E-state index contributed by atoms with van der Waals surface area (Å²) in [5.74, 6) is 1.05. The topological polar surface area (TPSA) is 68.9 Å². The first-order valence-electron chi connectivity index (χ1n) is 6.50. The Labute approximate surface area is 108 Å². The predicted molar refractivity (Wildman–Crippen MR) is 68.6 cm³/mol. The molecule has 2 atom stereocenters. The Balaban J connectivity index is 1.79. The van der Waals surface area contributed by atoms with E-state index in [1.54, 1.807) is 6.20 Å². The van der Waals surface area contributed by atoms with Crippen LogP contribution < -0.4 is 5.32 Å². The van der Waals surface area contributed by atoms with Crippen LogP contribution in [0.2, 0.25) is 0 Å². The van der Waals surface area contributed by atoms with Gasteiger partial charge in [0.15, 0.2) is 0 Å². The van der Waals surface area contributed by atoms with Gasteiger partial charge in [-0.25, -0.2) is 4.98 Å². The molecule has 2 unspecified atom stereocenters.